The Kier molecular flexibility index (Phi) is 6.02. The van der Waals surface area contributed by atoms with Crippen molar-refractivity contribution in [1.82, 2.24) is 9.21 Å². The molecule has 0 aliphatic carbocycles. The van der Waals surface area contributed by atoms with Crippen LogP contribution in [0.1, 0.15) is 36.8 Å². The number of hydrogen-bond acceptors (Lipinski definition) is 4. The summed E-state index contributed by atoms with van der Waals surface area (Å²) in [6, 6.07) is 4.22. The summed E-state index contributed by atoms with van der Waals surface area (Å²) >= 11 is 0. The molecule has 1 atom stereocenters. The lowest BCUT2D eigenvalue weighted by molar-refractivity contribution is -0.137. The molecule has 2 saturated heterocycles. The van der Waals surface area contributed by atoms with E-state index in [4.69, 9.17) is 5.73 Å². The van der Waals surface area contributed by atoms with E-state index in [1.807, 2.05) is 0 Å². The van der Waals surface area contributed by atoms with Gasteiger partial charge in [0.1, 0.15) is 0 Å². The molecule has 2 fully saturated rings. The highest BCUT2D eigenvalue weighted by atomic mass is 32.2. The van der Waals surface area contributed by atoms with E-state index in [1.54, 1.807) is 0 Å². The monoisotopic (exact) mass is 419 g/mol. The zero-order chi connectivity index (χ0) is 20.5. The maximum Gasteiger partial charge on any atom is 0.416 e. The molecule has 1 unspecified atom stereocenters. The molecule has 10 heteroatoms. The number of piperidine rings is 1. The fraction of sp³-hybridized carbons (Fsp3) is 0.611. The Hall–Kier alpha value is -1.65. The average molecular weight is 419 g/mol. The number of sulfonamides is 1. The molecule has 0 radical (unpaired) electrons. The van der Waals surface area contributed by atoms with E-state index in [1.165, 1.54) is 16.4 Å². The molecule has 0 saturated carbocycles. The number of alkyl halides is 3. The van der Waals surface area contributed by atoms with Gasteiger partial charge in [-0.2, -0.15) is 13.2 Å². The number of primary amides is 1. The number of rotatable bonds is 5. The van der Waals surface area contributed by atoms with Gasteiger partial charge >= 0.3 is 6.18 Å². The zero-order valence-electron chi connectivity index (χ0n) is 15.4. The van der Waals surface area contributed by atoms with Crippen LogP contribution in [0.5, 0.6) is 0 Å². The Labute approximate surface area is 162 Å². The van der Waals surface area contributed by atoms with Gasteiger partial charge in [-0.25, -0.2) is 12.7 Å². The van der Waals surface area contributed by atoms with Crippen LogP contribution in [0.2, 0.25) is 0 Å². The Morgan fingerprint density at radius 2 is 1.82 bits per heavy atom. The van der Waals surface area contributed by atoms with Gasteiger partial charge in [0, 0.05) is 19.1 Å². The van der Waals surface area contributed by atoms with Crippen LogP contribution in [-0.4, -0.2) is 55.2 Å². The summed E-state index contributed by atoms with van der Waals surface area (Å²) in [5.41, 5.74) is 4.71. The van der Waals surface area contributed by atoms with Crippen LogP contribution in [-0.2, 0) is 26.7 Å². The Morgan fingerprint density at radius 3 is 2.43 bits per heavy atom. The normalized spacial score (nSPS) is 23.2. The fourth-order valence-corrected chi connectivity index (χ4v) is 5.67. The molecule has 2 aliphatic heterocycles. The maximum absolute atomic E-state index is 12.8. The lowest BCUT2D eigenvalue weighted by Crippen LogP contribution is -2.51. The van der Waals surface area contributed by atoms with Gasteiger partial charge in [-0.05, 0) is 43.9 Å². The van der Waals surface area contributed by atoms with Crippen LogP contribution in [0.4, 0.5) is 13.2 Å². The number of carbonyl (C=O) groups excluding carboxylic acids is 1. The third kappa shape index (κ3) is 4.66. The van der Waals surface area contributed by atoms with Crippen LogP contribution >= 0.6 is 0 Å². The molecule has 156 valence electrons. The number of halogens is 3. The quantitative estimate of drug-likeness (QED) is 0.791. The van der Waals surface area contributed by atoms with Crippen molar-refractivity contribution in [3.63, 3.8) is 0 Å². The first-order valence-corrected chi connectivity index (χ1v) is 10.9. The third-order valence-electron chi connectivity index (χ3n) is 5.51. The fourth-order valence-electron chi connectivity index (χ4n) is 4.12. The molecule has 0 aromatic heterocycles. The number of likely N-dealkylation sites (tertiary alicyclic amines) is 1. The van der Waals surface area contributed by atoms with Crippen molar-refractivity contribution in [3.05, 3.63) is 35.4 Å². The Balaban J connectivity index is 1.63. The Bertz CT molecular complexity index is 821. The molecule has 1 aromatic rings. The Morgan fingerprint density at radius 1 is 1.14 bits per heavy atom. The van der Waals surface area contributed by atoms with Gasteiger partial charge < -0.3 is 5.73 Å². The molecule has 0 bridgehead atoms. The topological polar surface area (TPSA) is 83.7 Å². The van der Waals surface area contributed by atoms with Crippen molar-refractivity contribution in [2.24, 2.45) is 5.73 Å². The van der Waals surface area contributed by atoms with Crippen molar-refractivity contribution in [3.8, 4) is 0 Å². The van der Waals surface area contributed by atoms with E-state index in [0.717, 1.165) is 31.5 Å². The minimum absolute atomic E-state index is 0.0972. The van der Waals surface area contributed by atoms with Gasteiger partial charge in [0.2, 0.25) is 15.9 Å². The minimum atomic E-state index is -4.51. The van der Waals surface area contributed by atoms with Gasteiger partial charge in [-0.3, -0.25) is 9.69 Å². The highest BCUT2D eigenvalue weighted by Crippen LogP contribution is 2.31. The van der Waals surface area contributed by atoms with Gasteiger partial charge in [-0.15, -0.1) is 0 Å². The van der Waals surface area contributed by atoms with Gasteiger partial charge in [0.25, 0.3) is 0 Å². The molecule has 2 aliphatic rings. The molecule has 2 heterocycles. The molecule has 6 nitrogen and oxygen atoms in total. The first-order valence-electron chi connectivity index (χ1n) is 9.27. The second-order valence-corrected chi connectivity index (χ2v) is 9.35. The standard InChI is InChI=1S/C18H24F3N3O3S/c19-18(20,21)14-4-1-3-13(11-14)12-28(26,27)23-9-6-15(7-10-23)24-8-2-5-16(24)17(22)25/h1,3-4,11,15-16H,2,5-10,12H2,(H2,22,25). The van der Waals surface area contributed by atoms with Crippen molar-refractivity contribution >= 4 is 15.9 Å². The molecule has 2 N–H and O–H groups in total. The summed E-state index contributed by atoms with van der Waals surface area (Å²) in [6.45, 7) is 1.34. The lowest BCUT2D eigenvalue weighted by atomic mass is 10.0. The molecule has 28 heavy (non-hydrogen) atoms. The molecule has 3 rings (SSSR count). The average Bonchev–Trinajstić information content (AvgIpc) is 3.11. The minimum Gasteiger partial charge on any atom is -0.368 e. The van der Waals surface area contributed by atoms with Crippen LogP contribution in [0.15, 0.2) is 24.3 Å². The number of benzene rings is 1. The SMILES string of the molecule is NC(=O)C1CCCN1C1CCN(S(=O)(=O)Cc2cccc(C(F)(F)F)c2)CC1. The molecule has 1 amide bonds. The van der Waals surface area contributed by atoms with E-state index in [2.05, 4.69) is 4.90 Å². The highest BCUT2D eigenvalue weighted by Gasteiger charge is 2.37. The van der Waals surface area contributed by atoms with E-state index in [0.29, 0.717) is 12.8 Å². The second-order valence-electron chi connectivity index (χ2n) is 7.38. The number of hydrogen-bond donors (Lipinski definition) is 1. The molecular weight excluding hydrogens is 395 g/mol. The molecule has 1 aromatic carbocycles. The smallest absolute Gasteiger partial charge is 0.368 e. The van der Waals surface area contributed by atoms with Crippen LogP contribution in [0.3, 0.4) is 0 Å². The van der Waals surface area contributed by atoms with Crippen molar-refractivity contribution in [1.29, 1.82) is 0 Å². The lowest BCUT2D eigenvalue weighted by Gasteiger charge is -2.38. The zero-order valence-corrected chi connectivity index (χ0v) is 16.2. The number of carbonyl (C=O) groups is 1. The van der Waals surface area contributed by atoms with E-state index in [-0.39, 0.29) is 36.6 Å². The largest absolute Gasteiger partial charge is 0.416 e. The summed E-state index contributed by atoms with van der Waals surface area (Å²) in [5, 5.41) is 0. The van der Waals surface area contributed by atoms with Crippen molar-refractivity contribution in [2.75, 3.05) is 19.6 Å². The molecular formula is C18H24F3N3O3S. The predicted octanol–water partition coefficient (Wildman–Crippen LogP) is 1.95. The number of amides is 1. The van der Waals surface area contributed by atoms with E-state index >= 15 is 0 Å². The predicted molar refractivity (Wildman–Crippen MR) is 97.6 cm³/mol. The van der Waals surface area contributed by atoms with Crippen LogP contribution in [0, 0.1) is 0 Å². The highest BCUT2D eigenvalue weighted by molar-refractivity contribution is 7.88. The summed E-state index contributed by atoms with van der Waals surface area (Å²) in [4.78, 5) is 13.6. The summed E-state index contributed by atoms with van der Waals surface area (Å²) < 4.78 is 65.2. The summed E-state index contributed by atoms with van der Waals surface area (Å²) in [7, 11) is -3.72. The maximum atomic E-state index is 12.8. The first kappa shape index (κ1) is 21.1. The van der Waals surface area contributed by atoms with E-state index < -0.39 is 27.5 Å². The second kappa shape index (κ2) is 8.00. The van der Waals surface area contributed by atoms with Gasteiger partial charge in [0.15, 0.2) is 0 Å². The molecule has 0 spiro atoms. The van der Waals surface area contributed by atoms with E-state index in [9.17, 15) is 26.4 Å². The summed E-state index contributed by atoms with van der Waals surface area (Å²) in [6.07, 6.45) is -1.74. The van der Waals surface area contributed by atoms with Gasteiger partial charge in [0.05, 0.1) is 17.4 Å². The van der Waals surface area contributed by atoms with Gasteiger partial charge in [-0.1, -0.05) is 18.2 Å². The number of nitrogens with two attached hydrogens (primary N) is 1. The van der Waals surface area contributed by atoms with Crippen LogP contribution in [0.25, 0.3) is 0 Å². The van der Waals surface area contributed by atoms with Crippen molar-refractivity contribution < 1.29 is 26.4 Å². The first-order chi connectivity index (χ1) is 13.1. The van der Waals surface area contributed by atoms with Crippen molar-refractivity contribution in [2.45, 2.75) is 49.7 Å². The third-order valence-corrected chi connectivity index (χ3v) is 7.36. The van der Waals surface area contributed by atoms with Crippen LogP contribution < -0.4 is 5.73 Å². The summed E-state index contributed by atoms with van der Waals surface area (Å²) in [5.74, 6) is -0.813. The number of nitrogens with zero attached hydrogens (tertiary/aromatic N) is 2.